The molecule has 120 valence electrons. The molecule has 2 aliphatic heterocycles. The van der Waals surface area contributed by atoms with E-state index in [1.165, 1.54) is 5.57 Å². The lowest BCUT2D eigenvalue weighted by molar-refractivity contribution is -0.394. The Bertz CT molecular complexity index is 549. The van der Waals surface area contributed by atoms with Crippen LogP contribution in [0.5, 0.6) is 0 Å². The Morgan fingerprint density at radius 3 is 2.59 bits per heavy atom. The topological polar surface area (TPSA) is 30.5 Å². The summed E-state index contributed by atoms with van der Waals surface area (Å²) in [6.07, 6.45) is 7.97. The van der Waals surface area contributed by atoms with Crippen LogP contribution in [0.2, 0.25) is 0 Å². The van der Waals surface area contributed by atoms with Crippen molar-refractivity contribution in [2.45, 2.75) is 52.0 Å². The molecule has 0 bridgehead atoms. The van der Waals surface area contributed by atoms with Crippen LogP contribution in [-0.2, 0) is 9.47 Å². The van der Waals surface area contributed by atoms with Gasteiger partial charge in [-0.3, -0.25) is 0 Å². The molecule has 1 fully saturated rings. The number of hydrogen-bond donors (Lipinski definition) is 1. The summed E-state index contributed by atoms with van der Waals surface area (Å²) in [5, 5.41) is 3.43. The van der Waals surface area contributed by atoms with Crippen LogP contribution in [0.15, 0.2) is 35.6 Å². The summed E-state index contributed by atoms with van der Waals surface area (Å²) in [5.74, 6) is 0.608. The van der Waals surface area contributed by atoms with E-state index in [9.17, 15) is 0 Å². The van der Waals surface area contributed by atoms with Crippen molar-refractivity contribution in [3.05, 3.63) is 35.6 Å². The van der Waals surface area contributed by atoms with E-state index in [1.807, 2.05) is 13.0 Å². The molecule has 1 N–H and O–H groups in total. The predicted molar refractivity (Wildman–Crippen MR) is 82.5 cm³/mol. The lowest BCUT2D eigenvalue weighted by Gasteiger charge is -2.47. The van der Waals surface area contributed by atoms with Crippen molar-refractivity contribution in [3.63, 3.8) is 0 Å². The molecule has 6 unspecified atom stereocenters. The summed E-state index contributed by atoms with van der Waals surface area (Å²) < 4.78 is 26.7. The van der Waals surface area contributed by atoms with E-state index in [2.05, 4.69) is 37.4 Å². The molecule has 0 spiro atoms. The van der Waals surface area contributed by atoms with Gasteiger partial charge in [0.25, 0.3) is 0 Å². The van der Waals surface area contributed by atoms with Crippen LogP contribution >= 0.6 is 0 Å². The summed E-state index contributed by atoms with van der Waals surface area (Å²) >= 11 is 0. The summed E-state index contributed by atoms with van der Waals surface area (Å²) in [6.45, 7) is 6.14. The Morgan fingerprint density at radius 1 is 1.18 bits per heavy atom. The number of nitrogens with one attached hydrogen (secondary N) is 1. The first-order valence-corrected chi connectivity index (χ1v) is 8.42. The standard InChI is InChI=1S/C18H24FNO2/c1-4-11-9(2)14(18-21-10(3)22-18)15-12-7-5-6-8-13(12)20-17(15)16(11)19/h5-14,16,18,20H,4H2,1-3H3. The molecule has 0 aromatic heterocycles. The van der Waals surface area contributed by atoms with Crippen molar-refractivity contribution in [1.29, 1.82) is 0 Å². The minimum Gasteiger partial charge on any atom is -0.379 e. The fourth-order valence-corrected chi connectivity index (χ4v) is 4.69. The Hall–Kier alpha value is -1.13. The van der Waals surface area contributed by atoms with Gasteiger partial charge in [-0.2, -0.15) is 0 Å². The van der Waals surface area contributed by atoms with E-state index in [0.29, 0.717) is 0 Å². The zero-order valence-corrected chi connectivity index (χ0v) is 13.3. The van der Waals surface area contributed by atoms with Crippen LogP contribution in [0.25, 0.3) is 0 Å². The normalized spacial score (nSPS) is 49.5. The van der Waals surface area contributed by atoms with Gasteiger partial charge in [0.2, 0.25) is 0 Å². The number of rotatable bonds is 2. The van der Waals surface area contributed by atoms with Gasteiger partial charge >= 0.3 is 0 Å². The molecule has 0 radical (unpaired) electrons. The van der Waals surface area contributed by atoms with Crippen molar-refractivity contribution in [2.24, 2.45) is 23.7 Å². The molecular weight excluding hydrogens is 281 g/mol. The lowest BCUT2D eigenvalue weighted by atomic mass is 9.66. The minimum absolute atomic E-state index is 0.0208. The maximum atomic E-state index is 15.1. The van der Waals surface area contributed by atoms with Crippen LogP contribution in [0.3, 0.4) is 0 Å². The zero-order valence-electron chi connectivity index (χ0n) is 13.3. The summed E-state index contributed by atoms with van der Waals surface area (Å²) in [6, 6.07) is 0.177. The van der Waals surface area contributed by atoms with Crippen molar-refractivity contribution < 1.29 is 13.9 Å². The quantitative estimate of drug-likeness (QED) is 0.849. The summed E-state index contributed by atoms with van der Waals surface area (Å²) in [4.78, 5) is 0. The molecule has 4 aliphatic rings. The minimum atomic E-state index is -0.906. The number of ether oxygens (including phenoxy) is 2. The van der Waals surface area contributed by atoms with E-state index in [-0.39, 0.29) is 42.3 Å². The van der Waals surface area contributed by atoms with Gasteiger partial charge in [0.15, 0.2) is 12.6 Å². The second kappa shape index (κ2) is 5.20. The maximum absolute atomic E-state index is 15.1. The molecule has 0 saturated carbocycles. The Balaban J connectivity index is 1.74. The maximum Gasteiger partial charge on any atom is 0.170 e. The zero-order chi connectivity index (χ0) is 15.4. The van der Waals surface area contributed by atoms with E-state index < -0.39 is 6.17 Å². The number of halogens is 1. The highest BCUT2D eigenvalue weighted by atomic mass is 19.1. The van der Waals surface area contributed by atoms with E-state index >= 15 is 4.39 Å². The fourth-order valence-electron chi connectivity index (χ4n) is 4.69. The average Bonchev–Trinajstić information content (AvgIpc) is 2.86. The first-order chi connectivity index (χ1) is 10.6. The number of allylic oxidation sites excluding steroid dienone is 3. The summed E-state index contributed by atoms with van der Waals surface area (Å²) in [7, 11) is 0. The molecule has 22 heavy (non-hydrogen) atoms. The third-order valence-electron chi connectivity index (χ3n) is 5.80. The van der Waals surface area contributed by atoms with Crippen LogP contribution < -0.4 is 5.32 Å². The third kappa shape index (κ3) is 1.93. The van der Waals surface area contributed by atoms with Gasteiger partial charge < -0.3 is 14.8 Å². The molecule has 0 aromatic carbocycles. The number of fused-ring (bicyclic) bond motifs is 2. The van der Waals surface area contributed by atoms with E-state index in [1.54, 1.807) is 0 Å². The van der Waals surface area contributed by atoms with Crippen molar-refractivity contribution in [2.75, 3.05) is 0 Å². The van der Waals surface area contributed by atoms with E-state index in [4.69, 9.17) is 9.47 Å². The molecule has 1 saturated heterocycles. The van der Waals surface area contributed by atoms with Crippen molar-refractivity contribution >= 4 is 0 Å². The molecule has 2 aliphatic carbocycles. The highest BCUT2D eigenvalue weighted by Gasteiger charge is 2.53. The highest BCUT2D eigenvalue weighted by molar-refractivity contribution is 5.41. The molecule has 4 rings (SSSR count). The predicted octanol–water partition coefficient (Wildman–Crippen LogP) is 3.30. The largest absolute Gasteiger partial charge is 0.379 e. The fraction of sp³-hybridized carbons (Fsp3) is 0.667. The Morgan fingerprint density at radius 2 is 1.91 bits per heavy atom. The molecule has 6 atom stereocenters. The molecule has 4 heteroatoms. The van der Waals surface area contributed by atoms with Crippen LogP contribution in [0.4, 0.5) is 4.39 Å². The van der Waals surface area contributed by atoms with Crippen LogP contribution in [0, 0.1) is 23.7 Å². The SMILES string of the molecule is CCC1C(F)C2=C(C3C=CC=CC3N2)C(C2OC(C)O2)C1C. The third-order valence-corrected chi connectivity index (χ3v) is 5.80. The first kappa shape index (κ1) is 14.5. The van der Waals surface area contributed by atoms with Crippen LogP contribution in [0.1, 0.15) is 27.2 Å². The first-order valence-electron chi connectivity index (χ1n) is 8.42. The van der Waals surface area contributed by atoms with Gasteiger partial charge in [-0.05, 0) is 30.8 Å². The molecular formula is C18H24FNO2. The second-order valence-corrected chi connectivity index (χ2v) is 6.90. The monoisotopic (exact) mass is 305 g/mol. The van der Waals surface area contributed by atoms with Gasteiger partial charge in [0.1, 0.15) is 6.17 Å². The van der Waals surface area contributed by atoms with E-state index in [0.717, 1.165) is 12.1 Å². The van der Waals surface area contributed by atoms with Gasteiger partial charge in [-0.15, -0.1) is 0 Å². The van der Waals surface area contributed by atoms with Crippen molar-refractivity contribution in [3.8, 4) is 0 Å². The average molecular weight is 305 g/mol. The summed E-state index contributed by atoms with van der Waals surface area (Å²) in [5.41, 5.74) is 1.97. The molecule has 2 heterocycles. The van der Waals surface area contributed by atoms with Gasteiger partial charge in [-0.25, -0.2) is 4.39 Å². The molecule has 0 amide bonds. The Labute approximate surface area is 131 Å². The highest BCUT2D eigenvalue weighted by Crippen LogP contribution is 2.51. The van der Waals surface area contributed by atoms with Gasteiger partial charge in [-0.1, -0.05) is 38.2 Å². The van der Waals surface area contributed by atoms with Gasteiger partial charge in [0.05, 0.1) is 6.04 Å². The second-order valence-electron chi connectivity index (χ2n) is 6.90. The molecule has 0 aromatic rings. The lowest BCUT2D eigenvalue weighted by Crippen LogP contribution is -2.51. The smallest absolute Gasteiger partial charge is 0.170 e. The Kier molecular flexibility index (Phi) is 3.42. The van der Waals surface area contributed by atoms with Crippen LogP contribution in [-0.4, -0.2) is 24.8 Å². The number of hydrogen-bond acceptors (Lipinski definition) is 3. The molecule has 3 nitrogen and oxygen atoms in total. The van der Waals surface area contributed by atoms with Gasteiger partial charge in [0, 0.05) is 17.5 Å². The van der Waals surface area contributed by atoms with Crippen molar-refractivity contribution in [1.82, 2.24) is 5.32 Å². The number of alkyl halides is 1.